The molecule has 0 spiro atoms. The van der Waals surface area contributed by atoms with E-state index in [1.54, 1.807) is 6.20 Å². The lowest BCUT2D eigenvalue weighted by molar-refractivity contribution is -0.132. The van der Waals surface area contributed by atoms with Gasteiger partial charge in [-0.25, -0.2) is 0 Å². The lowest BCUT2D eigenvalue weighted by Gasteiger charge is -2.30. The Hall–Kier alpha value is -4.30. The van der Waals surface area contributed by atoms with Gasteiger partial charge >= 0.3 is 0 Å². The molecule has 3 aromatic rings. The second kappa shape index (κ2) is 11.3. The Morgan fingerprint density at radius 2 is 2.12 bits per heavy atom. The molecule has 8 heteroatoms. The summed E-state index contributed by atoms with van der Waals surface area (Å²) in [7, 11) is 0. The number of nitrogens with zero attached hydrogens (tertiary/aromatic N) is 4. The van der Waals surface area contributed by atoms with Crippen LogP contribution in [0.4, 0.5) is 5.69 Å². The van der Waals surface area contributed by atoms with E-state index in [2.05, 4.69) is 56.3 Å². The lowest BCUT2D eigenvalue weighted by Crippen LogP contribution is -2.43. The number of aryl methyl sites for hydroxylation is 1. The molecule has 3 aliphatic rings. The molecule has 2 N–H and O–H groups in total. The number of rotatable bonds is 8. The molecule has 1 aliphatic carbocycles. The van der Waals surface area contributed by atoms with Crippen molar-refractivity contribution in [2.45, 2.75) is 32.6 Å². The first-order chi connectivity index (χ1) is 20.0. The zero-order valence-electron chi connectivity index (χ0n) is 23.5. The number of aromatic nitrogens is 3. The maximum Gasteiger partial charge on any atom is 0.237 e. The molecular formula is C33H36N6O2. The maximum absolute atomic E-state index is 13.8. The smallest absolute Gasteiger partial charge is 0.237 e. The summed E-state index contributed by atoms with van der Waals surface area (Å²) in [4.78, 5) is 35.2. The molecular weight excluding hydrogens is 512 g/mol. The number of fused-ring (bicyclic) bond motifs is 1. The molecule has 6 rings (SSSR count). The summed E-state index contributed by atoms with van der Waals surface area (Å²) in [5.74, 6) is 0.0793. The summed E-state index contributed by atoms with van der Waals surface area (Å²) in [5, 5.41) is 11.7. The number of carbonyl (C=O) groups excluding carboxylic acids is 2. The van der Waals surface area contributed by atoms with Crippen molar-refractivity contribution in [2.24, 2.45) is 5.41 Å². The Morgan fingerprint density at radius 3 is 2.88 bits per heavy atom. The zero-order chi connectivity index (χ0) is 28.4. The van der Waals surface area contributed by atoms with Gasteiger partial charge in [-0.2, -0.15) is 5.10 Å². The second-order valence-electron chi connectivity index (χ2n) is 11.3. The highest BCUT2D eigenvalue weighted by molar-refractivity contribution is 6.00. The van der Waals surface area contributed by atoms with Gasteiger partial charge in [0.25, 0.3) is 0 Å². The van der Waals surface area contributed by atoms with Gasteiger partial charge in [-0.05, 0) is 80.1 Å². The Bertz CT molecular complexity index is 1600. The molecule has 210 valence electrons. The Balaban J connectivity index is 1.13. The number of nitrogens with one attached hydrogen (secondary N) is 2. The monoisotopic (exact) mass is 548 g/mol. The predicted octanol–water partition coefficient (Wildman–Crippen LogP) is 5.19. The van der Waals surface area contributed by atoms with Crippen molar-refractivity contribution >= 4 is 28.4 Å². The number of pyridine rings is 1. The fourth-order valence-corrected chi connectivity index (χ4v) is 6.26. The SMILES string of the molecule is C=CCC1(C(=O)Nc2ccc3[nH]nc(-c4ccncc4C)c3c2)CCN(CC(=O)N2CC=C(C3=CCC=C3)CC2)C1. The fraction of sp³-hybridized carbons (Fsp3) is 0.333. The molecule has 4 heterocycles. The van der Waals surface area contributed by atoms with Crippen molar-refractivity contribution in [1.82, 2.24) is 25.0 Å². The number of carbonyl (C=O) groups is 2. The fourth-order valence-electron chi connectivity index (χ4n) is 6.26. The Kier molecular flexibility index (Phi) is 7.41. The minimum absolute atomic E-state index is 0.0414. The van der Waals surface area contributed by atoms with Crippen molar-refractivity contribution in [1.29, 1.82) is 0 Å². The van der Waals surface area contributed by atoms with Gasteiger partial charge < -0.3 is 10.2 Å². The number of H-pyrrole nitrogens is 1. The van der Waals surface area contributed by atoms with Crippen LogP contribution in [0.25, 0.3) is 22.2 Å². The van der Waals surface area contributed by atoms with Crippen LogP contribution in [0.2, 0.25) is 0 Å². The van der Waals surface area contributed by atoms with Crippen molar-refractivity contribution in [3.8, 4) is 11.3 Å². The Morgan fingerprint density at radius 1 is 1.22 bits per heavy atom. The third kappa shape index (κ3) is 5.39. The van der Waals surface area contributed by atoms with Gasteiger partial charge in [-0.15, -0.1) is 6.58 Å². The van der Waals surface area contributed by atoms with Crippen LogP contribution in [-0.4, -0.2) is 69.5 Å². The van der Waals surface area contributed by atoms with Crippen LogP contribution >= 0.6 is 0 Å². The van der Waals surface area contributed by atoms with E-state index < -0.39 is 5.41 Å². The number of aromatic amines is 1. The lowest BCUT2D eigenvalue weighted by atomic mass is 9.82. The number of likely N-dealkylation sites (tertiary alicyclic amines) is 1. The minimum atomic E-state index is -0.631. The molecule has 0 radical (unpaired) electrons. The van der Waals surface area contributed by atoms with Gasteiger partial charge in [0.1, 0.15) is 5.69 Å². The van der Waals surface area contributed by atoms with E-state index in [0.717, 1.165) is 52.8 Å². The van der Waals surface area contributed by atoms with Crippen molar-refractivity contribution in [3.63, 3.8) is 0 Å². The number of hydrogen-bond acceptors (Lipinski definition) is 5. The third-order valence-electron chi connectivity index (χ3n) is 8.61. The third-order valence-corrected chi connectivity index (χ3v) is 8.61. The molecule has 1 aromatic carbocycles. The second-order valence-corrected chi connectivity index (χ2v) is 11.3. The van der Waals surface area contributed by atoms with Crippen LogP contribution < -0.4 is 5.32 Å². The average molecular weight is 549 g/mol. The van der Waals surface area contributed by atoms with E-state index >= 15 is 0 Å². The predicted molar refractivity (Wildman–Crippen MR) is 162 cm³/mol. The van der Waals surface area contributed by atoms with E-state index in [0.29, 0.717) is 39.0 Å². The molecule has 0 saturated carbocycles. The number of amides is 2. The first-order valence-electron chi connectivity index (χ1n) is 14.3. The van der Waals surface area contributed by atoms with Crippen molar-refractivity contribution < 1.29 is 9.59 Å². The van der Waals surface area contributed by atoms with Crippen molar-refractivity contribution in [3.05, 3.63) is 90.3 Å². The molecule has 41 heavy (non-hydrogen) atoms. The summed E-state index contributed by atoms with van der Waals surface area (Å²) >= 11 is 0. The number of benzene rings is 1. The molecule has 2 aliphatic heterocycles. The highest BCUT2D eigenvalue weighted by Gasteiger charge is 2.44. The van der Waals surface area contributed by atoms with Crippen LogP contribution in [0.15, 0.2) is 84.8 Å². The standard InChI is InChI=1S/C33H36N6O2/c1-3-13-33(14-18-38(22-33)21-30(40)39-16-11-25(12-17-39)24-6-4-5-7-24)32(41)35-26-8-9-29-28(19-26)31(37-36-29)27-10-15-34-20-23(27)2/h3-4,6-11,15,19-20H,1,5,12-14,16-18,21-22H2,2H3,(H,35,41)(H,36,37). The average Bonchev–Trinajstić information content (AvgIpc) is 3.75. The molecule has 8 nitrogen and oxygen atoms in total. The number of anilines is 1. The largest absolute Gasteiger partial charge is 0.338 e. The first kappa shape index (κ1) is 26.9. The molecule has 1 atom stereocenters. The first-order valence-corrected chi connectivity index (χ1v) is 14.3. The van der Waals surface area contributed by atoms with Gasteiger partial charge in [-0.3, -0.25) is 24.6 Å². The van der Waals surface area contributed by atoms with Gasteiger partial charge in [0.15, 0.2) is 0 Å². The molecule has 0 bridgehead atoms. The molecule has 1 fully saturated rings. The van der Waals surface area contributed by atoms with Crippen molar-refractivity contribution in [2.75, 3.05) is 38.0 Å². The zero-order valence-corrected chi connectivity index (χ0v) is 23.5. The van der Waals surface area contributed by atoms with Crippen LogP contribution in [0.3, 0.4) is 0 Å². The maximum atomic E-state index is 13.8. The van der Waals surface area contributed by atoms with E-state index in [4.69, 9.17) is 0 Å². The summed E-state index contributed by atoms with van der Waals surface area (Å²) in [6.07, 6.45) is 17.3. The summed E-state index contributed by atoms with van der Waals surface area (Å²) in [6.45, 7) is 8.88. The number of hydrogen-bond donors (Lipinski definition) is 2. The molecule has 1 saturated heterocycles. The Labute approximate surface area is 240 Å². The van der Waals surface area contributed by atoms with Gasteiger partial charge in [0.2, 0.25) is 11.8 Å². The van der Waals surface area contributed by atoms with Gasteiger partial charge in [-0.1, -0.05) is 30.4 Å². The summed E-state index contributed by atoms with van der Waals surface area (Å²) < 4.78 is 0. The van der Waals surface area contributed by atoms with E-state index in [-0.39, 0.29) is 11.8 Å². The van der Waals surface area contributed by atoms with Crippen LogP contribution in [0, 0.1) is 12.3 Å². The summed E-state index contributed by atoms with van der Waals surface area (Å²) in [6, 6.07) is 7.76. The summed E-state index contributed by atoms with van der Waals surface area (Å²) in [5.41, 5.74) is 6.49. The van der Waals surface area contributed by atoms with Crippen LogP contribution in [0.1, 0.15) is 31.2 Å². The van der Waals surface area contributed by atoms with Crippen LogP contribution in [0.5, 0.6) is 0 Å². The molecule has 2 amide bonds. The van der Waals surface area contributed by atoms with Gasteiger partial charge in [0, 0.05) is 48.7 Å². The quantitative estimate of drug-likeness (QED) is 0.378. The topological polar surface area (TPSA) is 94.2 Å². The van der Waals surface area contributed by atoms with E-state index in [9.17, 15) is 9.59 Å². The van der Waals surface area contributed by atoms with E-state index in [1.165, 1.54) is 11.1 Å². The minimum Gasteiger partial charge on any atom is -0.338 e. The molecule has 1 unspecified atom stereocenters. The number of allylic oxidation sites excluding steroid dienone is 5. The van der Waals surface area contributed by atoms with E-state index in [1.807, 2.05) is 48.4 Å². The normalized spacial score (nSPS) is 20.8. The highest BCUT2D eigenvalue weighted by atomic mass is 16.2. The van der Waals surface area contributed by atoms with Crippen LogP contribution in [-0.2, 0) is 9.59 Å². The van der Waals surface area contributed by atoms with Gasteiger partial charge in [0.05, 0.1) is 17.5 Å². The molecule has 2 aromatic heterocycles. The highest BCUT2D eigenvalue weighted by Crippen LogP contribution is 2.37.